The van der Waals surface area contributed by atoms with Crippen LogP contribution in [0, 0.1) is 5.92 Å². The summed E-state index contributed by atoms with van der Waals surface area (Å²) in [5.74, 6) is 1.59. The fourth-order valence-corrected chi connectivity index (χ4v) is 3.63. The number of hydrogen-bond acceptors (Lipinski definition) is 2. The van der Waals surface area contributed by atoms with Crippen LogP contribution < -0.4 is 10.6 Å². The molecule has 1 heterocycles. The molecule has 4 nitrogen and oxygen atoms in total. The van der Waals surface area contributed by atoms with Crippen molar-refractivity contribution in [2.24, 2.45) is 10.9 Å². The zero-order valence-corrected chi connectivity index (χ0v) is 14.0. The number of aliphatic imine (C=N–C) groups is 1. The van der Waals surface area contributed by atoms with Crippen molar-refractivity contribution < 1.29 is 13.2 Å². The lowest BCUT2D eigenvalue weighted by atomic mass is 10.0. The summed E-state index contributed by atoms with van der Waals surface area (Å²) >= 11 is 0. The van der Waals surface area contributed by atoms with Crippen LogP contribution in [0.15, 0.2) is 4.99 Å². The second kappa shape index (κ2) is 8.76. The number of hydrogen-bond donors (Lipinski definition) is 2. The van der Waals surface area contributed by atoms with E-state index in [0.717, 1.165) is 25.3 Å². The molecule has 0 bridgehead atoms. The first-order chi connectivity index (χ1) is 11.0. The van der Waals surface area contributed by atoms with Crippen LogP contribution in [0.3, 0.4) is 0 Å². The minimum atomic E-state index is -4.12. The van der Waals surface area contributed by atoms with Gasteiger partial charge in [0.1, 0.15) is 0 Å². The predicted octanol–water partition coefficient (Wildman–Crippen LogP) is 2.76. The predicted molar refractivity (Wildman–Crippen MR) is 86.6 cm³/mol. The summed E-state index contributed by atoms with van der Waals surface area (Å²) in [6, 6.07) is 0.0402. The van der Waals surface area contributed by atoms with Gasteiger partial charge in [-0.15, -0.1) is 0 Å². The smallest absolute Gasteiger partial charge is 0.356 e. The van der Waals surface area contributed by atoms with Gasteiger partial charge in [-0.1, -0.05) is 25.7 Å². The van der Waals surface area contributed by atoms with Crippen molar-refractivity contribution in [2.75, 3.05) is 33.2 Å². The van der Waals surface area contributed by atoms with Gasteiger partial charge in [-0.3, -0.25) is 9.89 Å². The highest BCUT2D eigenvalue weighted by molar-refractivity contribution is 5.79. The van der Waals surface area contributed by atoms with Crippen LogP contribution >= 0.6 is 0 Å². The molecule has 1 atom stereocenters. The molecule has 2 N–H and O–H groups in total. The minimum absolute atomic E-state index is 0.0402. The molecule has 1 aliphatic carbocycles. The molecular formula is C16H29F3N4. The van der Waals surface area contributed by atoms with E-state index in [1.54, 1.807) is 7.05 Å². The average molecular weight is 334 g/mol. The molecule has 0 aromatic rings. The first-order valence-electron chi connectivity index (χ1n) is 8.72. The zero-order valence-electron chi connectivity index (χ0n) is 14.0. The summed E-state index contributed by atoms with van der Waals surface area (Å²) in [5, 5.41) is 6.52. The van der Waals surface area contributed by atoms with Gasteiger partial charge in [0.25, 0.3) is 0 Å². The molecule has 2 fully saturated rings. The van der Waals surface area contributed by atoms with Crippen LogP contribution in [-0.2, 0) is 0 Å². The fraction of sp³-hybridized carbons (Fsp3) is 0.938. The number of likely N-dealkylation sites (tertiary alicyclic amines) is 1. The lowest BCUT2D eigenvalue weighted by molar-refractivity contribution is -0.143. The molecule has 0 spiro atoms. The van der Waals surface area contributed by atoms with E-state index in [1.165, 1.54) is 37.0 Å². The van der Waals surface area contributed by atoms with Crippen LogP contribution in [0.25, 0.3) is 0 Å². The molecule has 1 saturated heterocycles. The third kappa shape index (κ3) is 6.97. The SMILES string of the molecule is CN=C(NCCCC1CCCC1)NC1CCN(CC(F)(F)F)C1. The summed E-state index contributed by atoms with van der Waals surface area (Å²) in [7, 11) is 1.70. The third-order valence-corrected chi connectivity index (χ3v) is 4.80. The molecule has 7 heteroatoms. The molecule has 1 aliphatic heterocycles. The van der Waals surface area contributed by atoms with E-state index in [4.69, 9.17) is 0 Å². The maximum atomic E-state index is 12.4. The van der Waals surface area contributed by atoms with E-state index in [1.807, 2.05) is 0 Å². The van der Waals surface area contributed by atoms with Gasteiger partial charge in [0, 0.05) is 32.7 Å². The Hall–Kier alpha value is -0.980. The van der Waals surface area contributed by atoms with Crippen molar-refractivity contribution >= 4 is 5.96 Å². The molecule has 1 saturated carbocycles. The number of nitrogens with zero attached hydrogens (tertiary/aromatic N) is 2. The van der Waals surface area contributed by atoms with E-state index < -0.39 is 12.7 Å². The monoisotopic (exact) mass is 334 g/mol. The highest BCUT2D eigenvalue weighted by Crippen LogP contribution is 2.28. The lowest BCUT2D eigenvalue weighted by Crippen LogP contribution is -2.45. The Balaban J connectivity index is 1.61. The van der Waals surface area contributed by atoms with Crippen LogP contribution in [0.1, 0.15) is 44.9 Å². The Morgan fingerprint density at radius 1 is 1.22 bits per heavy atom. The Morgan fingerprint density at radius 2 is 1.96 bits per heavy atom. The van der Waals surface area contributed by atoms with Crippen LogP contribution in [-0.4, -0.2) is 56.3 Å². The van der Waals surface area contributed by atoms with E-state index in [9.17, 15) is 13.2 Å². The van der Waals surface area contributed by atoms with Crippen LogP contribution in [0.4, 0.5) is 13.2 Å². The van der Waals surface area contributed by atoms with E-state index in [2.05, 4.69) is 15.6 Å². The van der Waals surface area contributed by atoms with Crippen molar-refractivity contribution in [3.05, 3.63) is 0 Å². The summed E-state index contributed by atoms with van der Waals surface area (Å²) in [5.41, 5.74) is 0. The number of halogens is 3. The molecule has 2 rings (SSSR count). The molecule has 0 amide bonds. The fourth-order valence-electron chi connectivity index (χ4n) is 3.63. The van der Waals surface area contributed by atoms with Gasteiger partial charge >= 0.3 is 6.18 Å². The Morgan fingerprint density at radius 3 is 2.61 bits per heavy atom. The van der Waals surface area contributed by atoms with Crippen molar-refractivity contribution in [1.29, 1.82) is 0 Å². The third-order valence-electron chi connectivity index (χ3n) is 4.80. The van der Waals surface area contributed by atoms with Crippen molar-refractivity contribution in [3.8, 4) is 0 Å². The van der Waals surface area contributed by atoms with Crippen molar-refractivity contribution in [1.82, 2.24) is 15.5 Å². The normalized spacial score (nSPS) is 24.3. The average Bonchev–Trinajstić information content (AvgIpc) is 3.12. The van der Waals surface area contributed by atoms with Gasteiger partial charge in [0.05, 0.1) is 6.54 Å². The first-order valence-corrected chi connectivity index (χ1v) is 8.72. The van der Waals surface area contributed by atoms with Crippen LogP contribution in [0.5, 0.6) is 0 Å². The first kappa shape index (κ1) is 18.4. The highest BCUT2D eigenvalue weighted by Gasteiger charge is 2.34. The number of alkyl halides is 3. The molecule has 0 aromatic heterocycles. The lowest BCUT2D eigenvalue weighted by Gasteiger charge is -2.20. The van der Waals surface area contributed by atoms with Crippen molar-refractivity contribution in [3.63, 3.8) is 0 Å². The standard InChI is InChI=1S/C16H29F3N4/c1-20-15(21-9-4-7-13-5-2-3-6-13)22-14-8-10-23(11-14)12-16(17,18)19/h13-14H,2-12H2,1H3,(H2,20,21,22). The van der Waals surface area contributed by atoms with Gasteiger partial charge < -0.3 is 10.6 Å². The Kier molecular flexibility index (Phi) is 6.99. The summed E-state index contributed by atoms with van der Waals surface area (Å²) in [6.07, 6.45) is 4.46. The van der Waals surface area contributed by atoms with E-state index >= 15 is 0 Å². The molecule has 2 aliphatic rings. The van der Waals surface area contributed by atoms with E-state index in [0.29, 0.717) is 19.0 Å². The van der Waals surface area contributed by atoms with Gasteiger partial charge in [0.15, 0.2) is 5.96 Å². The van der Waals surface area contributed by atoms with Gasteiger partial charge in [-0.05, 0) is 25.2 Å². The summed E-state index contributed by atoms with van der Waals surface area (Å²) < 4.78 is 37.2. The second-order valence-corrected chi connectivity index (χ2v) is 6.77. The number of guanidine groups is 1. The minimum Gasteiger partial charge on any atom is -0.356 e. The molecule has 0 radical (unpaired) electrons. The number of rotatable bonds is 6. The Labute approximate surface area is 136 Å². The largest absolute Gasteiger partial charge is 0.401 e. The quantitative estimate of drug-likeness (QED) is 0.446. The summed E-state index contributed by atoms with van der Waals surface area (Å²) in [4.78, 5) is 5.62. The maximum absolute atomic E-state index is 12.4. The molecule has 0 aromatic carbocycles. The van der Waals surface area contributed by atoms with Crippen LogP contribution in [0.2, 0.25) is 0 Å². The highest BCUT2D eigenvalue weighted by atomic mass is 19.4. The molecule has 1 unspecified atom stereocenters. The van der Waals surface area contributed by atoms with Gasteiger partial charge in [0.2, 0.25) is 0 Å². The maximum Gasteiger partial charge on any atom is 0.401 e. The van der Waals surface area contributed by atoms with E-state index in [-0.39, 0.29) is 6.04 Å². The molecule has 23 heavy (non-hydrogen) atoms. The molecular weight excluding hydrogens is 305 g/mol. The molecule has 134 valence electrons. The Bertz CT molecular complexity index is 378. The summed E-state index contributed by atoms with van der Waals surface area (Å²) in [6.45, 7) is 0.950. The van der Waals surface area contributed by atoms with Gasteiger partial charge in [-0.25, -0.2) is 0 Å². The number of nitrogens with one attached hydrogen (secondary N) is 2. The zero-order chi connectivity index (χ0) is 16.7. The van der Waals surface area contributed by atoms with Crippen molar-refractivity contribution in [2.45, 2.75) is 57.2 Å². The van der Waals surface area contributed by atoms with Gasteiger partial charge in [-0.2, -0.15) is 13.2 Å². The second-order valence-electron chi connectivity index (χ2n) is 6.77. The topological polar surface area (TPSA) is 39.7 Å².